The molecule has 3 aliphatic carbocycles. The lowest BCUT2D eigenvalue weighted by atomic mass is 9.61. The van der Waals surface area contributed by atoms with Gasteiger partial charge in [0.2, 0.25) is 0 Å². The average Bonchev–Trinajstić information content (AvgIpc) is 2.49. The van der Waals surface area contributed by atoms with Gasteiger partial charge in [-0.3, -0.25) is 0 Å². The summed E-state index contributed by atoms with van der Waals surface area (Å²) in [6.07, 6.45) is 7.80. The molecule has 0 aromatic heterocycles. The van der Waals surface area contributed by atoms with Gasteiger partial charge in [0.1, 0.15) is 0 Å². The monoisotopic (exact) mass is 226 g/mol. The average molecular weight is 226 g/mol. The molecule has 3 fully saturated rings. The van der Waals surface area contributed by atoms with E-state index in [4.69, 9.17) is 15.7 Å². The third kappa shape index (κ3) is 1.81. The van der Waals surface area contributed by atoms with E-state index in [1.165, 1.54) is 38.5 Å². The molecule has 0 heterocycles. The highest BCUT2D eigenvalue weighted by Crippen LogP contribution is 2.64. The Hall–Kier alpha value is 0.130. The smallest absolute Gasteiger partial charge is 0.0699 e. The van der Waals surface area contributed by atoms with Crippen molar-refractivity contribution in [3.63, 3.8) is 0 Å². The van der Waals surface area contributed by atoms with Crippen LogP contribution in [-0.4, -0.2) is 15.7 Å². The Morgan fingerprint density at radius 1 is 0.765 bits per heavy atom. The first kappa shape index (κ1) is 12.2. The SMILES string of the molecule is [B]C1CCC2C3CCC([B])CC3C(C)(C)C2C1. The van der Waals surface area contributed by atoms with Gasteiger partial charge in [-0.05, 0) is 29.1 Å². The molecule has 4 radical (unpaired) electrons. The van der Waals surface area contributed by atoms with Crippen molar-refractivity contribution in [1.29, 1.82) is 0 Å². The Labute approximate surface area is 109 Å². The molecule has 3 aliphatic rings. The molecule has 3 saturated carbocycles. The van der Waals surface area contributed by atoms with Crippen molar-refractivity contribution in [3.8, 4) is 0 Å². The molecule has 0 aromatic carbocycles. The molecule has 0 aromatic rings. The molecule has 0 N–H and O–H groups in total. The van der Waals surface area contributed by atoms with Crippen LogP contribution in [0.4, 0.5) is 0 Å². The zero-order valence-corrected chi connectivity index (χ0v) is 11.4. The number of rotatable bonds is 0. The van der Waals surface area contributed by atoms with Crippen molar-refractivity contribution < 1.29 is 0 Å². The lowest BCUT2D eigenvalue weighted by molar-refractivity contribution is 0.125. The second kappa shape index (κ2) is 4.07. The van der Waals surface area contributed by atoms with Crippen LogP contribution in [-0.2, 0) is 0 Å². The van der Waals surface area contributed by atoms with Gasteiger partial charge in [0.05, 0.1) is 15.7 Å². The van der Waals surface area contributed by atoms with E-state index >= 15 is 0 Å². The topological polar surface area (TPSA) is 0 Å². The molecule has 6 unspecified atom stereocenters. The van der Waals surface area contributed by atoms with Gasteiger partial charge in [-0.1, -0.05) is 64.0 Å². The summed E-state index contributed by atoms with van der Waals surface area (Å²) in [5, 5.41) is 0. The van der Waals surface area contributed by atoms with Gasteiger partial charge in [0.25, 0.3) is 0 Å². The predicted octanol–water partition coefficient (Wildman–Crippen LogP) is 3.77. The molecule has 0 aliphatic heterocycles. The quantitative estimate of drug-likeness (QED) is 0.551. The minimum absolute atomic E-state index is 0.462. The molecule has 6 atom stereocenters. The fraction of sp³-hybridized carbons (Fsp3) is 1.00. The van der Waals surface area contributed by atoms with Crippen LogP contribution in [0.1, 0.15) is 52.4 Å². The zero-order valence-electron chi connectivity index (χ0n) is 11.4. The molecule has 3 rings (SSSR count). The largest absolute Gasteiger partial charge is 0.0771 e. The Bertz CT molecular complexity index is 271. The van der Waals surface area contributed by atoms with Gasteiger partial charge in [-0.15, -0.1) is 0 Å². The van der Waals surface area contributed by atoms with E-state index in [1.54, 1.807) is 0 Å². The summed E-state index contributed by atoms with van der Waals surface area (Å²) in [5.41, 5.74) is 0.478. The van der Waals surface area contributed by atoms with E-state index in [2.05, 4.69) is 13.8 Å². The van der Waals surface area contributed by atoms with E-state index in [9.17, 15) is 0 Å². The van der Waals surface area contributed by atoms with Crippen LogP contribution in [0.5, 0.6) is 0 Å². The highest BCUT2D eigenvalue weighted by Gasteiger charge is 2.56. The van der Waals surface area contributed by atoms with Crippen LogP contribution in [0.3, 0.4) is 0 Å². The maximum atomic E-state index is 6.20. The molecular formula is C15H24B2. The maximum Gasteiger partial charge on any atom is 0.0699 e. The molecule has 0 saturated heterocycles. The highest BCUT2D eigenvalue weighted by molar-refractivity contribution is 6.11. The molecule has 0 nitrogen and oxygen atoms in total. The first-order valence-electron chi connectivity index (χ1n) is 7.51. The van der Waals surface area contributed by atoms with Crippen LogP contribution >= 0.6 is 0 Å². The summed E-state index contributed by atoms with van der Waals surface area (Å²) in [5.74, 6) is 4.58. The predicted molar refractivity (Wildman–Crippen MR) is 74.5 cm³/mol. The Morgan fingerprint density at radius 3 is 1.59 bits per heavy atom. The molecule has 90 valence electrons. The van der Waals surface area contributed by atoms with Crippen molar-refractivity contribution in [1.82, 2.24) is 0 Å². The Morgan fingerprint density at radius 2 is 1.18 bits per heavy atom. The van der Waals surface area contributed by atoms with E-state index in [0.717, 1.165) is 23.7 Å². The summed E-state index contributed by atoms with van der Waals surface area (Å²) >= 11 is 0. The summed E-state index contributed by atoms with van der Waals surface area (Å²) in [6, 6.07) is 0. The van der Waals surface area contributed by atoms with Crippen molar-refractivity contribution in [2.45, 2.75) is 64.0 Å². The van der Waals surface area contributed by atoms with Gasteiger partial charge in [0, 0.05) is 0 Å². The lowest BCUT2D eigenvalue weighted by Gasteiger charge is -2.40. The van der Waals surface area contributed by atoms with Gasteiger partial charge in [-0.25, -0.2) is 0 Å². The number of hydrogen-bond acceptors (Lipinski definition) is 0. The summed E-state index contributed by atoms with van der Waals surface area (Å²) in [4.78, 5) is 0. The number of hydrogen-bond donors (Lipinski definition) is 0. The van der Waals surface area contributed by atoms with E-state index < -0.39 is 0 Å². The maximum absolute atomic E-state index is 6.20. The van der Waals surface area contributed by atoms with Crippen LogP contribution in [0, 0.1) is 29.1 Å². The summed E-state index contributed by atoms with van der Waals surface area (Å²) in [6.45, 7) is 4.98. The summed E-state index contributed by atoms with van der Waals surface area (Å²) in [7, 11) is 12.4. The van der Waals surface area contributed by atoms with Crippen molar-refractivity contribution in [2.75, 3.05) is 0 Å². The highest BCUT2D eigenvalue weighted by atomic mass is 14.6. The minimum Gasteiger partial charge on any atom is -0.0771 e. The van der Waals surface area contributed by atoms with Crippen molar-refractivity contribution in [2.24, 2.45) is 29.1 Å². The standard InChI is InChI=1S/C15H24B2/c1-15(2)13-7-9(16)3-5-11(13)12-6-4-10(17)8-14(12)15/h9-14H,3-8H2,1-2H3. The molecule has 0 spiro atoms. The van der Waals surface area contributed by atoms with Crippen LogP contribution in [0.2, 0.25) is 11.6 Å². The Balaban J connectivity index is 1.88. The Kier molecular flexibility index (Phi) is 2.91. The fourth-order valence-electron chi connectivity index (χ4n) is 5.46. The summed E-state index contributed by atoms with van der Waals surface area (Å²) < 4.78 is 0. The fourth-order valence-corrected chi connectivity index (χ4v) is 5.46. The number of fused-ring (bicyclic) bond motifs is 3. The first-order valence-corrected chi connectivity index (χ1v) is 7.51. The van der Waals surface area contributed by atoms with Gasteiger partial charge < -0.3 is 0 Å². The van der Waals surface area contributed by atoms with Gasteiger partial charge in [-0.2, -0.15) is 0 Å². The van der Waals surface area contributed by atoms with E-state index in [1.807, 2.05) is 0 Å². The normalized spacial score (nSPS) is 52.8. The van der Waals surface area contributed by atoms with Gasteiger partial charge in [0.15, 0.2) is 0 Å². The van der Waals surface area contributed by atoms with Crippen LogP contribution < -0.4 is 0 Å². The lowest BCUT2D eigenvalue weighted by Crippen LogP contribution is -2.31. The van der Waals surface area contributed by atoms with Crippen molar-refractivity contribution in [3.05, 3.63) is 0 Å². The van der Waals surface area contributed by atoms with Gasteiger partial charge >= 0.3 is 0 Å². The third-order valence-corrected chi connectivity index (χ3v) is 6.35. The minimum atomic E-state index is 0.462. The van der Waals surface area contributed by atoms with Crippen LogP contribution in [0.25, 0.3) is 0 Å². The van der Waals surface area contributed by atoms with Crippen LogP contribution in [0.15, 0.2) is 0 Å². The first-order chi connectivity index (χ1) is 8.00. The second-order valence-corrected chi connectivity index (χ2v) is 7.51. The second-order valence-electron chi connectivity index (χ2n) is 7.51. The van der Waals surface area contributed by atoms with E-state index in [0.29, 0.717) is 17.0 Å². The molecule has 2 heteroatoms. The van der Waals surface area contributed by atoms with E-state index in [-0.39, 0.29) is 0 Å². The zero-order chi connectivity index (χ0) is 12.2. The molecular weight excluding hydrogens is 202 g/mol. The van der Waals surface area contributed by atoms with Crippen molar-refractivity contribution >= 4 is 15.7 Å². The molecule has 17 heavy (non-hydrogen) atoms. The third-order valence-electron chi connectivity index (χ3n) is 6.35. The molecule has 0 bridgehead atoms. The molecule has 0 amide bonds.